The van der Waals surface area contributed by atoms with Crippen LogP contribution in [0.3, 0.4) is 0 Å². The number of aromatic nitrogens is 3. The maximum absolute atomic E-state index is 13.1. The van der Waals surface area contributed by atoms with E-state index in [0.29, 0.717) is 5.82 Å². The highest BCUT2D eigenvalue weighted by Gasteiger charge is 2.32. The molecule has 0 unspecified atom stereocenters. The zero-order chi connectivity index (χ0) is 25.6. The van der Waals surface area contributed by atoms with Gasteiger partial charge in [0, 0.05) is 21.7 Å². The predicted molar refractivity (Wildman–Crippen MR) is 147 cm³/mol. The molecule has 1 aliphatic heterocycles. The Balaban J connectivity index is 1.63. The average Bonchev–Trinajstić information content (AvgIpc) is 3.31. The topological polar surface area (TPSA) is 72.2 Å². The number of nitrogens with zero attached hydrogens (tertiary/aromatic N) is 4. The van der Waals surface area contributed by atoms with E-state index in [9.17, 15) is 4.79 Å². The van der Waals surface area contributed by atoms with Gasteiger partial charge in [-0.3, -0.25) is 14.4 Å². The van der Waals surface area contributed by atoms with Crippen LogP contribution in [0.5, 0.6) is 0 Å². The van der Waals surface area contributed by atoms with Gasteiger partial charge in [-0.2, -0.15) is 0 Å². The molecule has 6 nitrogen and oxygen atoms in total. The van der Waals surface area contributed by atoms with E-state index < -0.39 is 6.04 Å². The zero-order valence-electron chi connectivity index (χ0n) is 21.6. The molecule has 1 amide bonds. The number of thiophene rings is 1. The van der Waals surface area contributed by atoms with E-state index in [1.807, 2.05) is 37.3 Å². The molecule has 4 aromatic rings. The summed E-state index contributed by atoms with van der Waals surface area (Å²) in [7, 11) is 0. The van der Waals surface area contributed by atoms with Crippen molar-refractivity contribution in [3.8, 4) is 5.00 Å². The van der Waals surface area contributed by atoms with Crippen molar-refractivity contribution in [2.24, 2.45) is 4.99 Å². The van der Waals surface area contributed by atoms with Gasteiger partial charge in [-0.1, -0.05) is 63.2 Å². The van der Waals surface area contributed by atoms with Crippen LogP contribution in [0, 0.1) is 20.8 Å². The van der Waals surface area contributed by atoms with Crippen molar-refractivity contribution < 1.29 is 4.79 Å². The molecule has 5 rings (SSSR count). The SMILES string of the molecule is Cc1sc2c(c1C)C(c1ccc(C(C)(C)C)cc1)=N[C@@H](CC(=O)Nc1ccccc1)c1nnc(C)n1-2. The van der Waals surface area contributed by atoms with Gasteiger partial charge in [0.05, 0.1) is 12.1 Å². The minimum atomic E-state index is -0.466. The highest BCUT2D eigenvalue weighted by atomic mass is 32.1. The van der Waals surface area contributed by atoms with Gasteiger partial charge < -0.3 is 5.32 Å². The maximum Gasteiger partial charge on any atom is 0.227 e. The smallest absolute Gasteiger partial charge is 0.227 e. The minimum Gasteiger partial charge on any atom is -0.326 e. The number of aliphatic imine (C=N–C) groups is 1. The monoisotopic (exact) mass is 497 g/mol. The summed E-state index contributed by atoms with van der Waals surface area (Å²) in [6.45, 7) is 12.9. The Morgan fingerprint density at radius 3 is 2.36 bits per heavy atom. The lowest BCUT2D eigenvalue weighted by atomic mass is 9.86. The maximum atomic E-state index is 13.1. The number of aryl methyl sites for hydroxylation is 2. The molecule has 0 saturated heterocycles. The summed E-state index contributed by atoms with van der Waals surface area (Å²) < 4.78 is 2.08. The van der Waals surface area contributed by atoms with Crippen LogP contribution >= 0.6 is 11.3 Å². The number of carbonyl (C=O) groups is 1. The number of benzene rings is 2. The van der Waals surface area contributed by atoms with Gasteiger partial charge in [0.2, 0.25) is 5.91 Å². The molecule has 7 heteroatoms. The van der Waals surface area contributed by atoms with Crippen LogP contribution in [0.2, 0.25) is 0 Å². The molecule has 1 atom stereocenters. The highest BCUT2D eigenvalue weighted by molar-refractivity contribution is 7.15. The number of amides is 1. The predicted octanol–water partition coefficient (Wildman–Crippen LogP) is 6.47. The first-order valence-corrected chi connectivity index (χ1v) is 13.0. The van der Waals surface area contributed by atoms with E-state index in [4.69, 9.17) is 4.99 Å². The largest absolute Gasteiger partial charge is 0.326 e. The molecule has 1 N–H and O–H groups in total. The van der Waals surface area contributed by atoms with Crippen LogP contribution in [0.4, 0.5) is 5.69 Å². The lowest BCUT2D eigenvalue weighted by molar-refractivity contribution is -0.116. The Morgan fingerprint density at radius 2 is 1.69 bits per heavy atom. The Labute approximate surface area is 216 Å². The lowest BCUT2D eigenvalue weighted by Gasteiger charge is -2.19. The van der Waals surface area contributed by atoms with Gasteiger partial charge in [0.25, 0.3) is 0 Å². The van der Waals surface area contributed by atoms with Gasteiger partial charge in [-0.25, -0.2) is 0 Å². The number of hydrogen-bond donors (Lipinski definition) is 1. The second kappa shape index (κ2) is 9.13. The number of hydrogen-bond acceptors (Lipinski definition) is 5. The standard InChI is InChI=1S/C29H31N5OS/c1-17-18(2)36-28-25(17)26(20-12-14-21(15-13-20)29(4,5)6)31-23(27-33-32-19(3)34(27)28)16-24(35)30-22-10-8-7-9-11-22/h7-15,23H,16H2,1-6H3,(H,30,35)/t23-/m0/s1. The van der Waals surface area contributed by atoms with E-state index in [0.717, 1.165) is 33.4 Å². The molecular weight excluding hydrogens is 466 g/mol. The Morgan fingerprint density at radius 1 is 1.00 bits per heavy atom. The summed E-state index contributed by atoms with van der Waals surface area (Å²) in [6, 6.07) is 17.7. The van der Waals surface area contributed by atoms with E-state index in [2.05, 4.69) is 79.0 Å². The summed E-state index contributed by atoms with van der Waals surface area (Å²) in [6.07, 6.45) is 0.170. The Kier molecular flexibility index (Phi) is 6.12. The van der Waals surface area contributed by atoms with Gasteiger partial charge >= 0.3 is 0 Å². The second-order valence-corrected chi connectivity index (χ2v) is 11.5. The fourth-order valence-corrected chi connectivity index (χ4v) is 5.78. The molecule has 0 aliphatic carbocycles. The van der Waals surface area contributed by atoms with E-state index in [1.165, 1.54) is 16.0 Å². The van der Waals surface area contributed by atoms with Crippen molar-refractivity contribution in [3.05, 3.63) is 93.4 Å². The van der Waals surface area contributed by atoms with Crippen LogP contribution in [0.25, 0.3) is 5.00 Å². The summed E-state index contributed by atoms with van der Waals surface area (Å²) in [5, 5.41) is 12.9. The summed E-state index contributed by atoms with van der Waals surface area (Å²) in [4.78, 5) is 19.6. The minimum absolute atomic E-state index is 0.0624. The number of carbonyl (C=O) groups excluding carboxylic acids is 1. The number of para-hydroxylation sites is 1. The van der Waals surface area contributed by atoms with Crippen LogP contribution in [0.1, 0.15) is 72.0 Å². The van der Waals surface area contributed by atoms with Gasteiger partial charge in [0.15, 0.2) is 5.82 Å². The molecule has 2 aromatic heterocycles. The normalized spacial score (nSPS) is 15.1. The number of rotatable bonds is 4. The Bertz CT molecular complexity index is 1460. The fraction of sp³-hybridized carbons (Fsp3) is 0.310. The van der Waals surface area contributed by atoms with Crippen LogP contribution < -0.4 is 5.32 Å². The fourth-order valence-electron chi connectivity index (χ4n) is 4.56. The lowest BCUT2D eigenvalue weighted by Crippen LogP contribution is -2.17. The number of nitrogens with one attached hydrogen (secondary N) is 1. The molecule has 0 spiro atoms. The number of fused-ring (bicyclic) bond motifs is 3. The van der Waals surface area contributed by atoms with Crippen molar-refractivity contribution in [2.75, 3.05) is 5.32 Å². The van der Waals surface area contributed by atoms with Gasteiger partial charge in [-0.15, -0.1) is 21.5 Å². The van der Waals surface area contributed by atoms with E-state index in [-0.39, 0.29) is 17.7 Å². The first kappa shape index (κ1) is 24.1. The molecule has 0 radical (unpaired) electrons. The number of anilines is 1. The Hall–Kier alpha value is -3.58. The summed E-state index contributed by atoms with van der Waals surface area (Å²) in [5.41, 5.74) is 6.32. The molecular formula is C29H31N5OS. The van der Waals surface area contributed by atoms with E-state index >= 15 is 0 Å². The molecule has 0 fully saturated rings. The third-order valence-corrected chi connectivity index (χ3v) is 7.89. The molecule has 3 heterocycles. The van der Waals surface area contributed by atoms with Crippen LogP contribution in [-0.2, 0) is 10.2 Å². The molecule has 36 heavy (non-hydrogen) atoms. The first-order chi connectivity index (χ1) is 17.1. The van der Waals surface area contributed by atoms with Crippen molar-refractivity contribution in [1.29, 1.82) is 0 Å². The van der Waals surface area contributed by atoms with Crippen molar-refractivity contribution in [1.82, 2.24) is 14.8 Å². The second-order valence-electron chi connectivity index (χ2n) is 10.3. The van der Waals surface area contributed by atoms with Gasteiger partial charge in [-0.05, 0) is 49.4 Å². The molecule has 0 saturated carbocycles. The summed E-state index contributed by atoms with van der Waals surface area (Å²) >= 11 is 1.72. The quantitative estimate of drug-likeness (QED) is 0.351. The van der Waals surface area contributed by atoms with Crippen LogP contribution in [0.15, 0.2) is 59.6 Å². The van der Waals surface area contributed by atoms with Crippen molar-refractivity contribution in [2.45, 2.75) is 59.4 Å². The third-order valence-electron chi connectivity index (χ3n) is 6.70. The molecule has 2 aromatic carbocycles. The van der Waals surface area contributed by atoms with Gasteiger partial charge in [0.1, 0.15) is 16.9 Å². The highest BCUT2D eigenvalue weighted by Crippen LogP contribution is 2.39. The molecule has 0 bridgehead atoms. The first-order valence-electron chi connectivity index (χ1n) is 12.2. The summed E-state index contributed by atoms with van der Waals surface area (Å²) in [5.74, 6) is 1.38. The average molecular weight is 498 g/mol. The van der Waals surface area contributed by atoms with Crippen molar-refractivity contribution in [3.63, 3.8) is 0 Å². The van der Waals surface area contributed by atoms with Crippen LogP contribution in [-0.4, -0.2) is 26.4 Å². The van der Waals surface area contributed by atoms with E-state index in [1.54, 1.807) is 11.3 Å². The zero-order valence-corrected chi connectivity index (χ0v) is 22.4. The molecule has 184 valence electrons. The molecule has 1 aliphatic rings. The van der Waals surface area contributed by atoms with Crippen molar-refractivity contribution >= 4 is 28.6 Å². The third kappa shape index (κ3) is 4.39.